The van der Waals surface area contributed by atoms with Crippen molar-refractivity contribution in [3.8, 4) is 28.4 Å². The van der Waals surface area contributed by atoms with Crippen LogP contribution in [0.2, 0.25) is 0 Å². The number of benzene rings is 11. The summed E-state index contributed by atoms with van der Waals surface area (Å²) in [5, 5.41) is 13.0. The molecule has 4 aliphatic heterocycles. The molecule has 73 heavy (non-hydrogen) atoms. The molecule has 16 aromatic rings. The van der Waals surface area contributed by atoms with Crippen LogP contribution in [0, 0.1) is 0 Å². The van der Waals surface area contributed by atoms with E-state index in [0.717, 1.165) is 5.69 Å². The van der Waals surface area contributed by atoms with Crippen LogP contribution in [0.15, 0.2) is 212 Å². The summed E-state index contributed by atoms with van der Waals surface area (Å²) in [6.07, 6.45) is 0. The van der Waals surface area contributed by atoms with Crippen LogP contribution in [0.5, 0.6) is 0 Å². The van der Waals surface area contributed by atoms with Crippen molar-refractivity contribution < 1.29 is 0 Å². The molecule has 0 aliphatic carbocycles. The molecule has 9 heterocycles. The van der Waals surface area contributed by atoms with Crippen molar-refractivity contribution in [1.29, 1.82) is 0 Å². The van der Waals surface area contributed by atoms with Crippen molar-refractivity contribution in [1.82, 2.24) is 22.8 Å². The van der Waals surface area contributed by atoms with Gasteiger partial charge in [-0.1, -0.05) is 127 Å². The second kappa shape index (κ2) is 12.2. The number of hydrogen-bond acceptors (Lipinski definition) is 0. The van der Waals surface area contributed by atoms with E-state index in [0.29, 0.717) is 0 Å². The van der Waals surface area contributed by atoms with Crippen molar-refractivity contribution in [3.63, 3.8) is 0 Å². The lowest BCUT2D eigenvalue weighted by atomic mass is 9.34. The molecule has 0 spiro atoms. The molecule has 7 heteroatoms. The van der Waals surface area contributed by atoms with Gasteiger partial charge in [-0.05, 0) is 118 Å². The lowest BCUT2D eigenvalue weighted by Crippen LogP contribution is -2.59. The van der Waals surface area contributed by atoms with Gasteiger partial charge < -0.3 is 22.8 Å². The fourth-order valence-electron chi connectivity index (χ4n) is 15.4. The summed E-state index contributed by atoms with van der Waals surface area (Å²) in [6.45, 7) is 0.0422. The SMILES string of the molecule is c1ccc(-n2c3cc4c(cc3c3cc5c(cc32)B2c3ccccc3-n3c6ccccc6c6cc7c8ccccc8n-5c7c2c63)-n2c3ccccc3c3cc5c6ccccc6n6c5c(c32)B4c2ccccc2-6)cc1. The maximum Gasteiger partial charge on any atom is 0.252 e. The third kappa shape index (κ3) is 3.96. The monoisotopic (exact) mass is 919 g/mol. The standard InChI is InChI=1S/C66H35B2N5/c1-2-16-36(17-3-1)69-57-34-49-59(72-53-26-12-6-20-39(53)45-30-43-37-18-4-10-24-51(37)70-55-28-14-8-22-47(55)67(49)61(63(43)70)65(45)72)32-41(57)42-33-60-50(35-58(42)69)68-48-23-9-15-29-56(48)71-52-25-11-5-19-38(52)44-31-46-40-21-7-13-27-54(40)73(60)66(46)62(68)64(44)71/h1-35H. The zero-order valence-electron chi connectivity index (χ0n) is 39.1. The van der Waals surface area contributed by atoms with E-state index >= 15 is 0 Å². The summed E-state index contributed by atoms with van der Waals surface area (Å²) >= 11 is 0. The molecule has 20 rings (SSSR count). The molecule has 4 aliphatic rings. The highest BCUT2D eigenvalue weighted by Gasteiger charge is 2.44. The maximum absolute atomic E-state index is 2.63. The van der Waals surface area contributed by atoms with Crippen molar-refractivity contribution in [2.24, 2.45) is 0 Å². The Morgan fingerprint density at radius 3 is 0.973 bits per heavy atom. The molecule has 0 saturated carbocycles. The van der Waals surface area contributed by atoms with Gasteiger partial charge in [-0.2, -0.15) is 0 Å². The predicted octanol–water partition coefficient (Wildman–Crippen LogP) is 11.5. The number of hydrogen-bond donors (Lipinski definition) is 0. The second-order valence-corrected chi connectivity index (χ2v) is 21.1. The lowest BCUT2D eigenvalue weighted by Gasteiger charge is -2.33. The molecule has 0 radical (unpaired) electrons. The van der Waals surface area contributed by atoms with E-state index in [1.165, 1.54) is 165 Å². The Hall–Kier alpha value is -9.45. The van der Waals surface area contributed by atoms with E-state index in [1.807, 2.05) is 0 Å². The quantitative estimate of drug-likeness (QED) is 0.147. The van der Waals surface area contributed by atoms with Crippen LogP contribution in [-0.2, 0) is 0 Å². The van der Waals surface area contributed by atoms with Gasteiger partial charge in [0.25, 0.3) is 13.4 Å². The first-order chi connectivity index (χ1) is 36.3. The maximum atomic E-state index is 2.63. The van der Waals surface area contributed by atoms with Crippen molar-refractivity contribution in [3.05, 3.63) is 212 Å². The van der Waals surface area contributed by atoms with Gasteiger partial charge in [0.2, 0.25) is 0 Å². The van der Waals surface area contributed by atoms with Crippen LogP contribution in [-0.4, -0.2) is 36.3 Å². The minimum absolute atomic E-state index is 0.0211. The molecular formula is C66H35B2N5. The van der Waals surface area contributed by atoms with Gasteiger partial charge in [-0.15, -0.1) is 0 Å². The summed E-state index contributed by atoms with van der Waals surface area (Å²) in [6, 6.07) is 81.2. The first-order valence-corrected chi connectivity index (χ1v) is 25.7. The summed E-state index contributed by atoms with van der Waals surface area (Å²) in [7, 11) is 0. The Kier molecular flexibility index (Phi) is 6.08. The van der Waals surface area contributed by atoms with E-state index < -0.39 is 0 Å². The zero-order chi connectivity index (χ0) is 46.7. The topological polar surface area (TPSA) is 24.6 Å². The molecule has 0 fully saturated rings. The van der Waals surface area contributed by atoms with Crippen LogP contribution in [0.25, 0.3) is 137 Å². The third-order valence-corrected chi connectivity index (χ3v) is 18.0. The number of rotatable bonds is 1. The van der Waals surface area contributed by atoms with Gasteiger partial charge in [-0.25, -0.2) is 0 Å². The second-order valence-electron chi connectivity index (χ2n) is 21.1. The Morgan fingerprint density at radius 1 is 0.219 bits per heavy atom. The fraction of sp³-hybridized carbons (Fsp3) is 0. The summed E-state index contributed by atoms with van der Waals surface area (Å²) in [5.74, 6) is 0. The van der Waals surface area contributed by atoms with Crippen LogP contribution >= 0.6 is 0 Å². The predicted molar refractivity (Wildman–Crippen MR) is 307 cm³/mol. The van der Waals surface area contributed by atoms with Gasteiger partial charge >= 0.3 is 0 Å². The van der Waals surface area contributed by atoms with Gasteiger partial charge in [-0.3, -0.25) is 0 Å². The minimum atomic E-state index is 0.0211. The van der Waals surface area contributed by atoms with Gasteiger partial charge in [0, 0.05) is 82.3 Å². The highest BCUT2D eigenvalue weighted by Crippen LogP contribution is 2.46. The molecule has 5 nitrogen and oxygen atoms in total. The summed E-state index contributed by atoms with van der Waals surface area (Å²) in [4.78, 5) is 0. The number of fused-ring (bicyclic) bond motifs is 27. The van der Waals surface area contributed by atoms with E-state index in [2.05, 4.69) is 235 Å². The highest BCUT2D eigenvalue weighted by atomic mass is 15.1. The molecule has 0 amide bonds. The van der Waals surface area contributed by atoms with Crippen LogP contribution in [0.1, 0.15) is 0 Å². The molecule has 0 atom stereocenters. The molecule has 0 saturated heterocycles. The smallest absolute Gasteiger partial charge is 0.252 e. The van der Waals surface area contributed by atoms with Gasteiger partial charge in [0.05, 0.1) is 55.2 Å². The van der Waals surface area contributed by atoms with E-state index in [1.54, 1.807) is 0 Å². The number of para-hydroxylation sites is 7. The Bertz CT molecular complexity index is 5040. The molecule has 5 aromatic heterocycles. The average Bonchev–Trinajstić information content (AvgIpc) is 4.25. The number of aromatic nitrogens is 5. The largest absolute Gasteiger partial charge is 0.310 e. The Morgan fingerprint density at radius 2 is 0.562 bits per heavy atom. The number of nitrogens with zero attached hydrogens (tertiary/aromatic N) is 5. The van der Waals surface area contributed by atoms with Crippen molar-refractivity contribution >= 4 is 155 Å². The fourth-order valence-corrected chi connectivity index (χ4v) is 15.4. The van der Waals surface area contributed by atoms with E-state index in [-0.39, 0.29) is 13.4 Å². The molecule has 11 aromatic carbocycles. The van der Waals surface area contributed by atoms with Crippen molar-refractivity contribution in [2.75, 3.05) is 0 Å². The van der Waals surface area contributed by atoms with E-state index in [4.69, 9.17) is 0 Å². The molecule has 0 unspecified atom stereocenters. The summed E-state index contributed by atoms with van der Waals surface area (Å²) < 4.78 is 13.0. The van der Waals surface area contributed by atoms with Crippen molar-refractivity contribution in [2.45, 2.75) is 0 Å². The summed E-state index contributed by atoms with van der Waals surface area (Å²) in [5.41, 5.74) is 27.2. The highest BCUT2D eigenvalue weighted by molar-refractivity contribution is 7.01. The van der Waals surface area contributed by atoms with Crippen LogP contribution in [0.4, 0.5) is 0 Å². The Balaban J connectivity index is 0.979. The molecule has 0 N–H and O–H groups in total. The lowest BCUT2D eigenvalue weighted by molar-refractivity contribution is 1.16. The minimum Gasteiger partial charge on any atom is -0.310 e. The van der Waals surface area contributed by atoms with Crippen LogP contribution in [0.3, 0.4) is 0 Å². The third-order valence-electron chi connectivity index (χ3n) is 18.0. The molecular weight excluding hydrogens is 884 g/mol. The first kappa shape index (κ1) is 36.5. The average molecular weight is 920 g/mol. The first-order valence-electron chi connectivity index (χ1n) is 25.7. The van der Waals surface area contributed by atoms with Crippen LogP contribution < -0.4 is 32.8 Å². The normalized spacial score (nSPS) is 13.7. The zero-order valence-corrected chi connectivity index (χ0v) is 39.1. The van der Waals surface area contributed by atoms with E-state index in [9.17, 15) is 0 Å². The Labute approximate surface area is 416 Å². The molecule has 0 bridgehead atoms. The van der Waals surface area contributed by atoms with Gasteiger partial charge in [0.1, 0.15) is 0 Å². The van der Waals surface area contributed by atoms with Gasteiger partial charge in [0.15, 0.2) is 0 Å². The molecule has 330 valence electrons.